The molecule has 3 rings (SSSR count). The Labute approximate surface area is 132 Å². The summed E-state index contributed by atoms with van der Waals surface area (Å²) in [5.41, 5.74) is 1.82. The monoisotopic (exact) mass is 310 g/mol. The third-order valence-electron chi connectivity index (χ3n) is 3.35. The van der Waals surface area contributed by atoms with Gasteiger partial charge in [0.25, 0.3) is 5.91 Å². The van der Waals surface area contributed by atoms with Gasteiger partial charge in [0.1, 0.15) is 11.5 Å². The van der Waals surface area contributed by atoms with Gasteiger partial charge in [-0.1, -0.05) is 18.2 Å². The Hall–Kier alpha value is -3.02. The van der Waals surface area contributed by atoms with Crippen LogP contribution in [-0.4, -0.2) is 20.7 Å². The molecule has 3 aromatic rings. The molecule has 0 radical (unpaired) electrons. The Morgan fingerprint density at radius 2 is 2.13 bits per heavy atom. The van der Waals surface area contributed by atoms with Crippen LogP contribution in [0.2, 0.25) is 0 Å². The number of amides is 1. The van der Waals surface area contributed by atoms with E-state index in [1.165, 1.54) is 12.1 Å². The maximum absolute atomic E-state index is 13.3. The lowest BCUT2D eigenvalue weighted by molar-refractivity contribution is 0.102. The van der Waals surface area contributed by atoms with Gasteiger partial charge < -0.3 is 5.32 Å². The van der Waals surface area contributed by atoms with Crippen LogP contribution in [0.1, 0.15) is 21.6 Å². The number of hydrogen-bond donors (Lipinski definition) is 1. The number of carbonyl (C=O) groups is 1. The fourth-order valence-electron chi connectivity index (χ4n) is 2.31. The number of anilines is 1. The normalized spacial score (nSPS) is 10.5. The molecule has 0 spiro atoms. The number of carbonyl (C=O) groups excluding carboxylic acids is 1. The number of pyridine rings is 1. The minimum absolute atomic E-state index is 0.300. The fourth-order valence-corrected chi connectivity index (χ4v) is 2.31. The van der Waals surface area contributed by atoms with E-state index in [0.717, 1.165) is 11.1 Å². The quantitative estimate of drug-likeness (QED) is 0.806. The molecule has 0 aliphatic carbocycles. The molecule has 0 atom stereocenters. The zero-order chi connectivity index (χ0) is 16.2. The number of rotatable bonds is 4. The Bertz CT molecular complexity index is 844. The average molecular weight is 310 g/mol. The second-order valence-electron chi connectivity index (χ2n) is 5.15. The molecular weight excluding hydrogens is 295 g/mol. The first-order valence-electron chi connectivity index (χ1n) is 7.11. The maximum atomic E-state index is 13.3. The van der Waals surface area contributed by atoms with Gasteiger partial charge in [-0.3, -0.25) is 14.5 Å². The largest absolute Gasteiger partial charge is 0.304 e. The van der Waals surface area contributed by atoms with Gasteiger partial charge >= 0.3 is 0 Å². The van der Waals surface area contributed by atoms with Crippen LogP contribution in [0.5, 0.6) is 0 Å². The number of aryl methyl sites for hydroxylation is 1. The molecule has 0 saturated heterocycles. The van der Waals surface area contributed by atoms with Gasteiger partial charge in [0.05, 0.1) is 0 Å². The first-order valence-corrected chi connectivity index (χ1v) is 7.11. The molecule has 0 saturated carbocycles. The van der Waals surface area contributed by atoms with E-state index in [-0.39, 0.29) is 11.7 Å². The zero-order valence-corrected chi connectivity index (χ0v) is 12.5. The summed E-state index contributed by atoms with van der Waals surface area (Å²) in [5.74, 6) is -0.179. The van der Waals surface area contributed by atoms with Crippen molar-refractivity contribution >= 4 is 11.7 Å². The fraction of sp³-hybridized carbons (Fsp3) is 0.118. The summed E-state index contributed by atoms with van der Waals surface area (Å²) >= 11 is 0. The van der Waals surface area contributed by atoms with Gasteiger partial charge in [0.2, 0.25) is 0 Å². The summed E-state index contributed by atoms with van der Waals surface area (Å²) in [6.45, 7) is 0. The summed E-state index contributed by atoms with van der Waals surface area (Å²) in [7, 11) is 1.77. The van der Waals surface area contributed by atoms with Crippen molar-refractivity contribution < 1.29 is 9.18 Å². The van der Waals surface area contributed by atoms with Crippen LogP contribution in [0, 0.1) is 5.82 Å². The lowest BCUT2D eigenvalue weighted by Crippen LogP contribution is -2.16. The van der Waals surface area contributed by atoms with Crippen LogP contribution < -0.4 is 5.32 Å². The van der Waals surface area contributed by atoms with Crippen LogP contribution >= 0.6 is 0 Å². The maximum Gasteiger partial charge on any atom is 0.275 e. The van der Waals surface area contributed by atoms with Crippen LogP contribution in [0.25, 0.3) is 0 Å². The molecule has 2 heterocycles. The molecule has 1 N–H and O–H groups in total. The van der Waals surface area contributed by atoms with Gasteiger partial charge in [0.15, 0.2) is 5.82 Å². The molecule has 0 aliphatic heterocycles. The van der Waals surface area contributed by atoms with E-state index in [0.29, 0.717) is 17.9 Å². The van der Waals surface area contributed by atoms with E-state index in [1.54, 1.807) is 42.3 Å². The van der Waals surface area contributed by atoms with Gasteiger partial charge in [-0.25, -0.2) is 4.39 Å². The van der Waals surface area contributed by atoms with Crippen molar-refractivity contribution in [3.63, 3.8) is 0 Å². The summed E-state index contributed by atoms with van der Waals surface area (Å²) in [6.07, 6.45) is 3.72. The molecule has 0 bridgehead atoms. The van der Waals surface area contributed by atoms with Crippen LogP contribution in [0.4, 0.5) is 10.2 Å². The minimum Gasteiger partial charge on any atom is -0.304 e. The highest BCUT2D eigenvalue weighted by atomic mass is 19.1. The lowest BCUT2D eigenvalue weighted by atomic mass is 10.0. The molecule has 1 aromatic carbocycles. The number of benzene rings is 1. The molecule has 2 aromatic heterocycles. The summed E-state index contributed by atoms with van der Waals surface area (Å²) in [4.78, 5) is 16.6. The van der Waals surface area contributed by atoms with Crippen LogP contribution in [0.15, 0.2) is 54.9 Å². The van der Waals surface area contributed by atoms with Crippen molar-refractivity contribution in [3.05, 3.63) is 77.5 Å². The van der Waals surface area contributed by atoms with Crippen LogP contribution in [0.3, 0.4) is 0 Å². The van der Waals surface area contributed by atoms with E-state index < -0.39 is 0 Å². The highest BCUT2D eigenvalue weighted by Crippen LogP contribution is 2.15. The molecular formula is C17H15FN4O. The number of hydrogen-bond acceptors (Lipinski definition) is 3. The number of aromatic nitrogens is 3. The molecule has 23 heavy (non-hydrogen) atoms. The highest BCUT2D eigenvalue weighted by molar-refractivity contribution is 6.03. The number of halogens is 1. The number of nitrogens with zero attached hydrogens (tertiary/aromatic N) is 3. The molecule has 0 aliphatic rings. The SMILES string of the molecule is Cn1ccc(NC(=O)c2ncccc2Cc2cccc(F)c2)n1. The van der Waals surface area contributed by atoms with Gasteiger partial charge in [0, 0.05) is 25.5 Å². The molecule has 6 heteroatoms. The third kappa shape index (κ3) is 3.60. The Morgan fingerprint density at radius 1 is 1.26 bits per heavy atom. The van der Waals surface area contributed by atoms with E-state index in [2.05, 4.69) is 15.4 Å². The van der Waals surface area contributed by atoms with E-state index in [9.17, 15) is 9.18 Å². The summed E-state index contributed by atoms with van der Waals surface area (Å²) in [5, 5.41) is 6.82. The zero-order valence-electron chi connectivity index (χ0n) is 12.5. The minimum atomic E-state index is -0.337. The molecule has 0 unspecified atom stereocenters. The molecule has 0 fully saturated rings. The van der Waals surface area contributed by atoms with Crippen molar-refractivity contribution in [2.75, 3.05) is 5.32 Å². The summed E-state index contributed by atoms with van der Waals surface area (Å²) in [6, 6.07) is 11.6. The Kier molecular flexibility index (Phi) is 4.14. The highest BCUT2D eigenvalue weighted by Gasteiger charge is 2.14. The second kappa shape index (κ2) is 6.39. The number of nitrogens with one attached hydrogen (secondary N) is 1. The Balaban J connectivity index is 1.84. The van der Waals surface area contributed by atoms with Crippen molar-refractivity contribution in [1.29, 1.82) is 0 Å². The van der Waals surface area contributed by atoms with E-state index in [4.69, 9.17) is 0 Å². The molecule has 116 valence electrons. The predicted octanol–water partition coefficient (Wildman–Crippen LogP) is 2.80. The smallest absolute Gasteiger partial charge is 0.275 e. The van der Waals surface area contributed by atoms with Crippen molar-refractivity contribution in [2.24, 2.45) is 7.05 Å². The van der Waals surface area contributed by atoms with Gasteiger partial charge in [-0.15, -0.1) is 0 Å². The third-order valence-corrected chi connectivity index (χ3v) is 3.35. The van der Waals surface area contributed by atoms with Crippen LogP contribution in [-0.2, 0) is 13.5 Å². The van der Waals surface area contributed by atoms with Crippen molar-refractivity contribution in [2.45, 2.75) is 6.42 Å². The lowest BCUT2D eigenvalue weighted by Gasteiger charge is -2.08. The standard InChI is InChI=1S/C17H15FN4O/c1-22-9-7-15(21-22)20-17(23)16-13(5-3-8-19-16)10-12-4-2-6-14(18)11-12/h2-9,11H,10H2,1H3,(H,20,21,23). The van der Waals surface area contributed by atoms with E-state index in [1.807, 2.05) is 12.1 Å². The van der Waals surface area contributed by atoms with E-state index >= 15 is 0 Å². The first kappa shape index (κ1) is 14.9. The van der Waals surface area contributed by atoms with Crippen molar-refractivity contribution in [3.8, 4) is 0 Å². The van der Waals surface area contributed by atoms with Crippen molar-refractivity contribution in [1.82, 2.24) is 14.8 Å². The Morgan fingerprint density at radius 3 is 2.87 bits per heavy atom. The summed E-state index contributed by atoms with van der Waals surface area (Å²) < 4.78 is 14.9. The van der Waals surface area contributed by atoms with Gasteiger partial charge in [-0.2, -0.15) is 5.10 Å². The predicted molar refractivity (Wildman–Crippen MR) is 84.6 cm³/mol. The second-order valence-corrected chi connectivity index (χ2v) is 5.15. The molecule has 1 amide bonds. The first-order chi connectivity index (χ1) is 11.1. The van der Waals surface area contributed by atoms with Gasteiger partial charge in [-0.05, 0) is 35.7 Å². The average Bonchev–Trinajstić information content (AvgIpc) is 2.93. The molecule has 5 nitrogen and oxygen atoms in total. The topological polar surface area (TPSA) is 59.8 Å².